The molecular formula is C15H26O2. The molecule has 2 N–H and O–H groups in total. The summed E-state index contributed by atoms with van der Waals surface area (Å²) >= 11 is 0. The van der Waals surface area contributed by atoms with E-state index in [4.69, 9.17) is 5.11 Å². The molecule has 0 saturated heterocycles. The maximum atomic E-state index is 9.89. The number of rotatable bonds is 5. The quantitative estimate of drug-likeness (QED) is 0.722. The summed E-state index contributed by atoms with van der Waals surface area (Å²) in [6.45, 7) is 8.20. The van der Waals surface area contributed by atoms with Crippen LogP contribution in [0.4, 0.5) is 0 Å². The summed E-state index contributed by atoms with van der Waals surface area (Å²) in [5.41, 5.74) is 1.89. The first-order valence-corrected chi connectivity index (χ1v) is 6.61. The van der Waals surface area contributed by atoms with Crippen molar-refractivity contribution in [3.05, 3.63) is 23.8 Å². The fourth-order valence-electron chi connectivity index (χ4n) is 2.42. The highest BCUT2D eigenvalue weighted by atomic mass is 16.3. The topological polar surface area (TPSA) is 40.5 Å². The Morgan fingerprint density at radius 1 is 1.41 bits per heavy atom. The van der Waals surface area contributed by atoms with Gasteiger partial charge in [0.25, 0.3) is 0 Å². The van der Waals surface area contributed by atoms with Crippen LogP contribution in [0.3, 0.4) is 0 Å². The zero-order valence-corrected chi connectivity index (χ0v) is 11.2. The number of hydrogen-bond acceptors (Lipinski definition) is 2. The van der Waals surface area contributed by atoms with Crippen molar-refractivity contribution in [3.63, 3.8) is 0 Å². The number of hydrogen-bond donors (Lipinski definition) is 2. The standard InChI is InChI=1S/C15H26O2/c1-12(11-16)5-4-6-13(2)14-7-9-15(3,17)10-8-14/h5,14,16-17H,2,4,6-11H2,1,3H3/b12-5-. The number of aliphatic hydroxyl groups excluding tert-OH is 1. The normalized spacial score (nSPS) is 30.4. The Labute approximate surface area is 105 Å². The second-order valence-corrected chi connectivity index (χ2v) is 5.68. The molecule has 0 aromatic rings. The van der Waals surface area contributed by atoms with E-state index in [1.54, 1.807) is 0 Å². The molecule has 0 aliphatic heterocycles. The third-order valence-electron chi connectivity index (χ3n) is 3.85. The molecule has 2 nitrogen and oxygen atoms in total. The summed E-state index contributed by atoms with van der Waals surface area (Å²) in [7, 11) is 0. The summed E-state index contributed by atoms with van der Waals surface area (Å²) in [6.07, 6.45) is 7.97. The van der Waals surface area contributed by atoms with Crippen LogP contribution in [0.2, 0.25) is 0 Å². The highest BCUT2D eigenvalue weighted by Crippen LogP contribution is 2.36. The molecule has 1 saturated carbocycles. The Morgan fingerprint density at radius 3 is 2.53 bits per heavy atom. The van der Waals surface area contributed by atoms with Crippen LogP contribution in [0.25, 0.3) is 0 Å². The van der Waals surface area contributed by atoms with Crippen LogP contribution in [0.5, 0.6) is 0 Å². The van der Waals surface area contributed by atoms with Gasteiger partial charge in [0.15, 0.2) is 0 Å². The molecule has 1 aliphatic carbocycles. The molecule has 0 amide bonds. The Kier molecular flexibility index (Phi) is 5.41. The zero-order valence-electron chi connectivity index (χ0n) is 11.2. The third-order valence-corrected chi connectivity index (χ3v) is 3.85. The highest BCUT2D eigenvalue weighted by molar-refractivity contribution is 5.06. The molecule has 0 spiro atoms. The Hall–Kier alpha value is -0.600. The van der Waals surface area contributed by atoms with Crippen LogP contribution in [-0.4, -0.2) is 22.4 Å². The summed E-state index contributed by atoms with van der Waals surface area (Å²) in [5, 5.41) is 18.8. The van der Waals surface area contributed by atoms with Gasteiger partial charge < -0.3 is 10.2 Å². The SMILES string of the molecule is C=C(CC/C=C(/C)CO)C1CCC(C)(O)CC1. The van der Waals surface area contributed by atoms with Gasteiger partial charge in [-0.25, -0.2) is 0 Å². The van der Waals surface area contributed by atoms with E-state index >= 15 is 0 Å². The van der Waals surface area contributed by atoms with Crippen molar-refractivity contribution in [1.29, 1.82) is 0 Å². The first kappa shape index (κ1) is 14.5. The van der Waals surface area contributed by atoms with Gasteiger partial charge in [0.05, 0.1) is 12.2 Å². The van der Waals surface area contributed by atoms with Crippen LogP contribution in [-0.2, 0) is 0 Å². The monoisotopic (exact) mass is 238 g/mol. The van der Waals surface area contributed by atoms with Gasteiger partial charge in [-0.15, -0.1) is 0 Å². The van der Waals surface area contributed by atoms with Crippen LogP contribution in [0.1, 0.15) is 52.4 Å². The Morgan fingerprint density at radius 2 is 2.00 bits per heavy atom. The van der Waals surface area contributed by atoms with Crippen LogP contribution in [0, 0.1) is 5.92 Å². The molecule has 1 rings (SSSR count). The zero-order chi connectivity index (χ0) is 12.9. The fraction of sp³-hybridized carbons (Fsp3) is 0.733. The minimum atomic E-state index is -0.454. The van der Waals surface area contributed by atoms with E-state index in [2.05, 4.69) is 12.7 Å². The predicted molar refractivity (Wildman–Crippen MR) is 71.8 cm³/mol. The van der Waals surface area contributed by atoms with Crippen molar-refractivity contribution in [3.8, 4) is 0 Å². The third kappa shape index (κ3) is 5.05. The van der Waals surface area contributed by atoms with E-state index in [1.165, 1.54) is 5.57 Å². The molecule has 17 heavy (non-hydrogen) atoms. The maximum absolute atomic E-state index is 9.89. The molecule has 0 bridgehead atoms. The number of allylic oxidation sites excluding steroid dienone is 2. The molecule has 0 aromatic carbocycles. The van der Waals surface area contributed by atoms with Crippen molar-refractivity contribution in [2.45, 2.75) is 58.0 Å². The van der Waals surface area contributed by atoms with Gasteiger partial charge in [-0.3, -0.25) is 0 Å². The van der Waals surface area contributed by atoms with Gasteiger partial charge in [-0.05, 0) is 58.3 Å². The van der Waals surface area contributed by atoms with Crippen molar-refractivity contribution >= 4 is 0 Å². The lowest BCUT2D eigenvalue weighted by atomic mass is 9.76. The minimum absolute atomic E-state index is 0.152. The van der Waals surface area contributed by atoms with E-state index in [1.807, 2.05) is 13.8 Å². The second-order valence-electron chi connectivity index (χ2n) is 5.68. The minimum Gasteiger partial charge on any atom is -0.392 e. The maximum Gasteiger partial charge on any atom is 0.0639 e. The van der Waals surface area contributed by atoms with Gasteiger partial charge in [-0.1, -0.05) is 23.8 Å². The summed E-state index contributed by atoms with van der Waals surface area (Å²) in [5.74, 6) is 0.582. The van der Waals surface area contributed by atoms with E-state index in [0.717, 1.165) is 44.1 Å². The predicted octanol–water partition coefficient (Wildman–Crippen LogP) is 3.20. The van der Waals surface area contributed by atoms with E-state index in [0.29, 0.717) is 5.92 Å². The molecule has 1 fully saturated rings. The summed E-state index contributed by atoms with van der Waals surface area (Å²) in [6, 6.07) is 0. The van der Waals surface area contributed by atoms with Gasteiger partial charge >= 0.3 is 0 Å². The average Bonchev–Trinajstić information content (AvgIpc) is 2.28. The lowest BCUT2D eigenvalue weighted by Gasteiger charge is -2.34. The smallest absolute Gasteiger partial charge is 0.0639 e. The van der Waals surface area contributed by atoms with Gasteiger partial charge in [0.2, 0.25) is 0 Å². The summed E-state index contributed by atoms with van der Waals surface area (Å²) < 4.78 is 0. The highest BCUT2D eigenvalue weighted by Gasteiger charge is 2.29. The largest absolute Gasteiger partial charge is 0.392 e. The van der Waals surface area contributed by atoms with Crippen LogP contribution in [0.15, 0.2) is 23.8 Å². The first-order chi connectivity index (χ1) is 7.94. The molecule has 98 valence electrons. The van der Waals surface area contributed by atoms with Crippen LogP contribution < -0.4 is 0 Å². The molecule has 0 aromatic heterocycles. The molecule has 1 aliphatic rings. The van der Waals surface area contributed by atoms with E-state index < -0.39 is 5.60 Å². The van der Waals surface area contributed by atoms with Crippen LogP contribution >= 0.6 is 0 Å². The van der Waals surface area contributed by atoms with Gasteiger partial charge in [0, 0.05) is 0 Å². The molecule has 0 heterocycles. The molecule has 0 unspecified atom stereocenters. The van der Waals surface area contributed by atoms with E-state index in [-0.39, 0.29) is 6.61 Å². The lowest BCUT2D eigenvalue weighted by Crippen LogP contribution is -2.30. The first-order valence-electron chi connectivity index (χ1n) is 6.61. The molecule has 0 atom stereocenters. The number of aliphatic hydroxyl groups is 2. The Balaban J connectivity index is 2.30. The fourth-order valence-corrected chi connectivity index (χ4v) is 2.42. The van der Waals surface area contributed by atoms with E-state index in [9.17, 15) is 5.11 Å². The molecule has 0 radical (unpaired) electrons. The van der Waals surface area contributed by atoms with Crippen molar-refractivity contribution in [2.75, 3.05) is 6.61 Å². The van der Waals surface area contributed by atoms with Crippen molar-refractivity contribution in [2.24, 2.45) is 5.92 Å². The lowest BCUT2D eigenvalue weighted by molar-refractivity contribution is 0.0123. The van der Waals surface area contributed by atoms with Gasteiger partial charge in [0.1, 0.15) is 0 Å². The summed E-state index contributed by atoms with van der Waals surface area (Å²) in [4.78, 5) is 0. The van der Waals surface area contributed by atoms with Gasteiger partial charge in [-0.2, -0.15) is 0 Å². The average molecular weight is 238 g/mol. The Bertz CT molecular complexity index is 279. The second kappa shape index (κ2) is 6.36. The van der Waals surface area contributed by atoms with Crippen molar-refractivity contribution in [1.82, 2.24) is 0 Å². The van der Waals surface area contributed by atoms with Crippen molar-refractivity contribution < 1.29 is 10.2 Å². The molecule has 2 heteroatoms. The molecular weight excluding hydrogens is 212 g/mol.